The molecule has 2 aromatic carbocycles. The Hall–Kier alpha value is -3.74. The number of anilines is 3. The van der Waals surface area contributed by atoms with Crippen molar-refractivity contribution in [2.75, 3.05) is 17.3 Å². The number of para-hydroxylation sites is 1. The van der Waals surface area contributed by atoms with Crippen LogP contribution in [0, 0.1) is 11.8 Å². The number of carbonyl (C=O) groups excluding carboxylic acids is 2. The molecule has 0 aliphatic heterocycles. The number of amides is 2. The summed E-state index contributed by atoms with van der Waals surface area (Å²) in [5.41, 5.74) is 9.93. The summed E-state index contributed by atoms with van der Waals surface area (Å²) in [5.74, 6) is 0.625. The molecule has 4 rings (SSSR count). The van der Waals surface area contributed by atoms with Crippen LogP contribution in [-0.4, -0.2) is 28.8 Å². The van der Waals surface area contributed by atoms with Crippen molar-refractivity contribution < 1.29 is 9.59 Å². The number of hydrogen-bond donors (Lipinski definition) is 2. The number of carbonyl (C=O) groups is 2. The van der Waals surface area contributed by atoms with Crippen molar-refractivity contribution in [3.63, 3.8) is 0 Å². The lowest BCUT2D eigenvalue weighted by Crippen LogP contribution is -2.27. The van der Waals surface area contributed by atoms with E-state index in [1.165, 1.54) is 0 Å². The van der Waals surface area contributed by atoms with Gasteiger partial charge in [-0.2, -0.15) is 0 Å². The Kier molecular flexibility index (Phi) is 7.44. The Labute approximate surface area is 206 Å². The van der Waals surface area contributed by atoms with Crippen LogP contribution in [0.3, 0.4) is 0 Å². The van der Waals surface area contributed by atoms with Gasteiger partial charge in [0.1, 0.15) is 0 Å². The zero-order valence-corrected chi connectivity index (χ0v) is 20.6. The minimum absolute atomic E-state index is 0.0804. The second-order valence-corrected chi connectivity index (χ2v) is 9.56. The molecule has 1 aliphatic carbocycles. The third kappa shape index (κ3) is 5.67. The normalized spacial score (nSPS) is 17.4. The van der Waals surface area contributed by atoms with Gasteiger partial charge in [0, 0.05) is 41.8 Å². The number of hydrogen-bond acceptors (Lipinski definition) is 5. The van der Waals surface area contributed by atoms with E-state index in [1.807, 2.05) is 48.7 Å². The van der Waals surface area contributed by atoms with E-state index in [9.17, 15) is 9.59 Å². The smallest absolute Gasteiger partial charge is 0.258 e. The summed E-state index contributed by atoms with van der Waals surface area (Å²) >= 11 is 0. The van der Waals surface area contributed by atoms with Gasteiger partial charge in [-0.1, -0.05) is 38.5 Å². The molecule has 7 nitrogen and oxygen atoms in total. The minimum Gasteiger partial charge on any atom is -0.369 e. The van der Waals surface area contributed by atoms with Crippen LogP contribution in [0.5, 0.6) is 0 Å². The lowest BCUT2D eigenvalue weighted by Gasteiger charge is -2.20. The Bertz CT molecular complexity index is 1180. The minimum atomic E-state index is -0.210. The van der Waals surface area contributed by atoms with Crippen molar-refractivity contribution in [3.8, 4) is 0 Å². The molecular weight excluding hydrogens is 438 g/mol. The maximum absolute atomic E-state index is 12.8. The van der Waals surface area contributed by atoms with Gasteiger partial charge in [0.15, 0.2) is 0 Å². The van der Waals surface area contributed by atoms with E-state index >= 15 is 0 Å². The molecule has 2 amide bonds. The largest absolute Gasteiger partial charge is 0.369 e. The second kappa shape index (κ2) is 10.7. The monoisotopic (exact) mass is 471 g/mol. The molecule has 1 saturated carbocycles. The molecule has 7 heteroatoms. The topological polar surface area (TPSA) is 101 Å². The first kappa shape index (κ1) is 24.4. The van der Waals surface area contributed by atoms with Gasteiger partial charge in [-0.15, -0.1) is 0 Å². The molecule has 1 heterocycles. The van der Waals surface area contributed by atoms with Crippen molar-refractivity contribution >= 4 is 29.1 Å². The van der Waals surface area contributed by atoms with E-state index in [-0.39, 0.29) is 29.6 Å². The number of aromatic nitrogens is 2. The van der Waals surface area contributed by atoms with Gasteiger partial charge < -0.3 is 16.0 Å². The highest BCUT2D eigenvalue weighted by Gasteiger charge is 2.32. The van der Waals surface area contributed by atoms with Crippen LogP contribution < -0.4 is 16.0 Å². The first-order chi connectivity index (χ1) is 16.8. The van der Waals surface area contributed by atoms with E-state index in [1.54, 1.807) is 24.1 Å². The summed E-state index contributed by atoms with van der Waals surface area (Å²) in [5, 5.41) is 3.26. The third-order valence-electron chi connectivity index (χ3n) is 6.84. The van der Waals surface area contributed by atoms with Crippen LogP contribution >= 0.6 is 0 Å². The standard InChI is InChI=1S/C28H33N5O2/c1-18(2)24-17-30-28(32-25(24)16-20-8-7-11-23(20)26(29)34)31-21-14-12-19(13-15-21)27(35)33(3)22-9-5-4-6-10-22/h4-6,9-10,12-15,17-18,20,23H,7-8,11,16H2,1-3H3,(H2,29,34)(H,30,31,32)/t20-,23-/m0/s1. The maximum Gasteiger partial charge on any atom is 0.258 e. The first-order valence-electron chi connectivity index (χ1n) is 12.2. The molecule has 1 aromatic heterocycles. The van der Waals surface area contributed by atoms with Crippen molar-refractivity contribution in [1.29, 1.82) is 0 Å². The lowest BCUT2D eigenvalue weighted by atomic mass is 9.88. The Morgan fingerprint density at radius 1 is 1.09 bits per heavy atom. The van der Waals surface area contributed by atoms with Crippen molar-refractivity contribution in [3.05, 3.63) is 77.6 Å². The molecule has 0 spiro atoms. The fourth-order valence-electron chi connectivity index (χ4n) is 4.82. The highest BCUT2D eigenvalue weighted by atomic mass is 16.2. The number of benzene rings is 2. The molecule has 182 valence electrons. The molecule has 1 fully saturated rings. The van der Waals surface area contributed by atoms with Crippen molar-refractivity contribution in [2.24, 2.45) is 17.6 Å². The molecule has 0 bridgehead atoms. The predicted octanol–water partition coefficient (Wildman–Crippen LogP) is 5.06. The number of rotatable bonds is 8. The molecule has 35 heavy (non-hydrogen) atoms. The van der Waals surface area contributed by atoms with Gasteiger partial charge in [0.05, 0.1) is 0 Å². The van der Waals surface area contributed by atoms with Crippen LogP contribution in [0.15, 0.2) is 60.8 Å². The van der Waals surface area contributed by atoms with Gasteiger partial charge in [-0.3, -0.25) is 9.59 Å². The van der Waals surface area contributed by atoms with Crippen LogP contribution in [-0.2, 0) is 11.2 Å². The lowest BCUT2D eigenvalue weighted by molar-refractivity contribution is -0.122. The Morgan fingerprint density at radius 2 is 1.80 bits per heavy atom. The van der Waals surface area contributed by atoms with Crippen molar-refractivity contribution in [2.45, 2.75) is 45.4 Å². The van der Waals surface area contributed by atoms with Gasteiger partial charge in [0.2, 0.25) is 11.9 Å². The summed E-state index contributed by atoms with van der Waals surface area (Å²) in [7, 11) is 1.77. The van der Waals surface area contributed by atoms with E-state index < -0.39 is 0 Å². The predicted molar refractivity (Wildman–Crippen MR) is 139 cm³/mol. The fraction of sp³-hybridized carbons (Fsp3) is 0.357. The second-order valence-electron chi connectivity index (χ2n) is 9.56. The molecule has 0 unspecified atom stereocenters. The SMILES string of the molecule is CC(C)c1cnc(Nc2ccc(C(=O)N(C)c3ccccc3)cc2)nc1C[C@@H]1CCC[C@@H]1C(N)=O. The zero-order chi connectivity index (χ0) is 24.9. The van der Waals surface area contributed by atoms with E-state index in [4.69, 9.17) is 10.7 Å². The third-order valence-corrected chi connectivity index (χ3v) is 6.84. The van der Waals surface area contributed by atoms with Gasteiger partial charge >= 0.3 is 0 Å². The van der Waals surface area contributed by atoms with Crippen LogP contribution in [0.4, 0.5) is 17.3 Å². The summed E-state index contributed by atoms with van der Waals surface area (Å²) in [6.07, 6.45) is 5.46. The number of nitrogens with two attached hydrogens (primary N) is 1. The summed E-state index contributed by atoms with van der Waals surface area (Å²) in [6.45, 7) is 4.25. The maximum atomic E-state index is 12.8. The molecule has 3 N–H and O–H groups in total. The quantitative estimate of drug-likeness (QED) is 0.478. The van der Waals surface area contributed by atoms with Gasteiger partial charge in [-0.25, -0.2) is 9.97 Å². The van der Waals surface area contributed by atoms with Crippen LogP contribution in [0.25, 0.3) is 0 Å². The number of primary amides is 1. The highest BCUT2D eigenvalue weighted by molar-refractivity contribution is 6.05. The molecule has 3 aromatic rings. The number of nitrogens with one attached hydrogen (secondary N) is 1. The summed E-state index contributed by atoms with van der Waals surface area (Å²) in [6, 6.07) is 16.8. The fourth-order valence-corrected chi connectivity index (χ4v) is 4.82. The average molecular weight is 472 g/mol. The highest BCUT2D eigenvalue weighted by Crippen LogP contribution is 2.35. The van der Waals surface area contributed by atoms with Crippen LogP contribution in [0.2, 0.25) is 0 Å². The number of nitrogens with zero attached hydrogens (tertiary/aromatic N) is 3. The van der Waals surface area contributed by atoms with Gasteiger partial charge in [0.25, 0.3) is 5.91 Å². The Morgan fingerprint density at radius 3 is 2.46 bits per heavy atom. The molecule has 1 aliphatic rings. The zero-order valence-electron chi connectivity index (χ0n) is 20.6. The average Bonchev–Trinajstić information content (AvgIpc) is 3.32. The molecule has 2 atom stereocenters. The van der Waals surface area contributed by atoms with Crippen LogP contribution in [0.1, 0.15) is 60.6 Å². The van der Waals surface area contributed by atoms with E-state index in [0.29, 0.717) is 11.5 Å². The molecular formula is C28H33N5O2. The Balaban J connectivity index is 1.49. The molecule has 0 saturated heterocycles. The van der Waals surface area contributed by atoms with Gasteiger partial charge in [-0.05, 0) is 73.1 Å². The van der Waals surface area contributed by atoms with E-state index in [0.717, 1.165) is 48.3 Å². The summed E-state index contributed by atoms with van der Waals surface area (Å²) < 4.78 is 0. The van der Waals surface area contributed by atoms with Crippen molar-refractivity contribution in [1.82, 2.24) is 9.97 Å². The first-order valence-corrected chi connectivity index (χ1v) is 12.2. The molecule has 0 radical (unpaired) electrons. The summed E-state index contributed by atoms with van der Waals surface area (Å²) in [4.78, 5) is 35.7. The van der Waals surface area contributed by atoms with E-state index in [2.05, 4.69) is 24.1 Å².